The lowest BCUT2D eigenvalue weighted by molar-refractivity contribution is -0.207. The molecule has 5 atom stereocenters. The first kappa shape index (κ1) is 62.4. The van der Waals surface area contributed by atoms with Gasteiger partial charge in [-0.1, -0.05) is 87.8 Å². The molecule has 428 valence electrons. The molecule has 0 amide bonds. The van der Waals surface area contributed by atoms with Crippen molar-refractivity contribution in [2.24, 2.45) is 41.4 Å². The minimum atomic E-state index is -4.15. The number of esters is 5. The first-order valence-corrected chi connectivity index (χ1v) is 30.7. The predicted octanol–water partition coefficient (Wildman–Crippen LogP) is 12.4. The Morgan fingerprint density at radius 2 is 1.10 bits per heavy atom. The van der Waals surface area contributed by atoms with Crippen molar-refractivity contribution in [1.82, 2.24) is 0 Å². The Bertz CT molecular complexity index is 2630. The molecule has 0 spiro atoms. The summed E-state index contributed by atoms with van der Waals surface area (Å²) in [5, 5.41) is 0. The number of benzene rings is 3. The molecule has 7 saturated carbocycles. The SMILES string of the molecule is C=C(C)C(=O)OC1(C)CCCC1.C=C(C)C(=O)OC1(CC)C2CC3CC(C2)CC1C3.C=C(C)C(=O)OC1C2CC3C(=O)OC1C3C2.C=C(C)C(=O)OCCCCS(=O)(=O)[O-].c1ccc([S+](c2ccccc2)c2ccccc2)cc1. The molecule has 1 heterocycles. The monoisotopic (exact) mass is 1120 g/mol. The molecule has 0 radical (unpaired) electrons. The zero-order valence-corrected chi connectivity index (χ0v) is 48.8. The Balaban J connectivity index is 0.000000161. The minimum Gasteiger partial charge on any atom is -0.748 e. The molecule has 15 heteroatoms. The number of unbranched alkanes of at least 4 members (excludes halogenated alkanes) is 1. The number of carbonyl (C=O) groups is 5. The van der Waals surface area contributed by atoms with Crippen LogP contribution in [-0.2, 0) is 68.7 Å². The molecule has 8 fully saturated rings. The van der Waals surface area contributed by atoms with Gasteiger partial charge in [-0.2, -0.15) is 0 Å². The average molecular weight is 1120 g/mol. The summed E-state index contributed by atoms with van der Waals surface area (Å²) < 4.78 is 57.1. The van der Waals surface area contributed by atoms with Crippen molar-refractivity contribution in [2.75, 3.05) is 12.4 Å². The maximum absolute atomic E-state index is 12.0. The zero-order valence-electron chi connectivity index (χ0n) is 47.1. The van der Waals surface area contributed by atoms with Crippen LogP contribution in [0.5, 0.6) is 0 Å². The van der Waals surface area contributed by atoms with Crippen LogP contribution in [-0.4, -0.2) is 78.6 Å². The molecule has 79 heavy (non-hydrogen) atoms. The summed E-state index contributed by atoms with van der Waals surface area (Å²) in [5.74, 6) is 1.86. The van der Waals surface area contributed by atoms with Crippen LogP contribution in [0.1, 0.15) is 131 Å². The fourth-order valence-corrected chi connectivity index (χ4v) is 15.3. The highest BCUT2D eigenvalue weighted by atomic mass is 32.2. The Kier molecular flexibility index (Phi) is 22.2. The second-order valence-corrected chi connectivity index (χ2v) is 26.3. The molecular weight excluding hydrogens is 1040 g/mol. The third-order valence-corrected chi connectivity index (χ3v) is 19.4. The van der Waals surface area contributed by atoms with Gasteiger partial charge in [-0.3, -0.25) is 4.79 Å². The van der Waals surface area contributed by atoms with Gasteiger partial charge in [0.05, 0.1) is 33.5 Å². The normalized spacial score (nSPS) is 26.6. The van der Waals surface area contributed by atoms with Crippen LogP contribution in [0.15, 0.2) is 154 Å². The quantitative estimate of drug-likeness (QED) is 0.0329. The molecule has 0 N–H and O–H groups in total. The van der Waals surface area contributed by atoms with Crippen LogP contribution in [0.2, 0.25) is 0 Å². The number of carbonyl (C=O) groups excluding carboxylic acids is 5. The van der Waals surface area contributed by atoms with E-state index in [9.17, 15) is 36.9 Å². The minimum absolute atomic E-state index is 0.0146. The third-order valence-electron chi connectivity index (χ3n) is 16.4. The Morgan fingerprint density at radius 1 is 0.646 bits per heavy atom. The van der Waals surface area contributed by atoms with Crippen molar-refractivity contribution in [3.05, 3.63) is 140 Å². The van der Waals surface area contributed by atoms with Gasteiger partial charge in [-0.25, -0.2) is 27.6 Å². The second kappa shape index (κ2) is 28.1. The zero-order chi connectivity index (χ0) is 57.7. The van der Waals surface area contributed by atoms with Gasteiger partial charge in [-0.05, 0) is 185 Å². The van der Waals surface area contributed by atoms with Crippen LogP contribution in [0.4, 0.5) is 0 Å². The van der Waals surface area contributed by atoms with Crippen molar-refractivity contribution in [3.8, 4) is 0 Å². The number of fused-ring (bicyclic) bond motifs is 1. The molecule has 1 saturated heterocycles. The highest BCUT2D eigenvalue weighted by Gasteiger charge is 2.63. The molecule has 13 nitrogen and oxygen atoms in total. The number of ether oxygens (including phenoxy) is 5. The summed E-state index contributed by atoms with van der Waals surface area (Å²) >= 11 is 0. The van der Waals surface area contributed by atoms with Gasteiger partial charge >= 0.3 is 29.8 Å². The van der Waals surface area contributed by atoms with Gasteiger partial charge in [0.2, 0.25) is 0 Å². The highest BCUT2D eigenvalue weighted by molar-refractivity contribution is 7.97. The largest absolute Gasteiger partial charge is 0.748 e. The maximum Gasteiger partial charge on any atom is 0.333 e. The molecule has 11 rings (SSSR count). The van der Waals surface area contributed by atoms with Crippen LogP contribution in [0.3, 0.4) is 0 Å². The number of hydrogen-bond acceptors (Lipinski definition) is 13. The van der Waals surface area contributed by atoms with Crippen LogP contribution in [0.25, 0.3) is 0 Å². The van der Waals surface area contributed by atoms with Crippen molar-refractivity contribution in [3.63, 3.8) is 0 Å². The summed E-state index contributed by atoms with van der Waals surface area (Å²) in [6.45, 7) is 25.1. The van der Waals surface area contributed by atoms with E-state index in [-0.39, 0.29) is 83.0 Å². The van der Waals surface area contributed by atoms with Crippen LogP contribution in [0, 0.1) is 41.4 Å². The van der Waals surface area contributed by atoms with Crippen molar-refractivity contribution < 1.29 is 60.6 Å². The molecule has 8 aliphatic rings. The molecule has 3 aromatic rings. The van der Waals surface area contributed by atoms with E-state index in [4.69, 9.17) is 18.9 Å². The fourth-order valence-electron chi connectivity index (χ4n) is 12.6. The van der Waals surface area contributed by atoms with Gasteiger partial charge in [0, 0.05) is 39.9 Å². The smallest absolute Gasteiger partial charge is 0.333 e. The van der Waals surface area contributed by atoms with E-state index in [2.05, 4.69) is 129 Å². The molecule has 3 aromatic carbocycles. The van der Waals surface area contributed by atoms with E-state index in [1.807, 2.05) is 6.92 Å². The van der Waals surface area contributed by atoms with Gasteiger partial charge in [0.15, 0.2) is 14.7 Å². The van der Waals surface area contributed by atoms with Crippen molar-refractivity contribution in [1.29, 1.82) is 0 Å². The summed E-state index contributed by atoms with van der Waals surface area (Å²) in [4.78, 5) is 61.0. The van der Waals surface area contributed by atoms with E-state index in [0.29, 0.717) is 46.5 Å². The fraction of sp³-hybridized carbons (Fsp3) is 0.516. The molecular formula is C64H82O13S2. The molecule has 7 aliphatic carbocycles. The Labute approximate surface area is 472 Å². The van der Waals surface area contributed by atoms with Gasteiger partial charge in [0.1, 0.15) is 23.4 Å². The van der Waals surface area contributed by atoms with E-state index in [1.54, 1.807) is 20.8 Å². The lowest BCUT2D eigenvalue weighted by Gasteiger charge is -2.60. The Morgan fingerprint density at radius 3 is 1.53 bits per heavy atom. The van der Waals surface area contributed by atoms with Gasteiger partial charge in [0.25, 0.3) is 0 Å². The molecule has 0 aromatic heterocycles. The van der Waals surface area contributed by atoms with Gasteiger partial charge < -0.3 is 28.2 Å². The van der Waals surface area contributed by atoms with E-state index in [1.165, 1.54) is 66.6 Å². The second-order valence-electron chi connectivity index (χ2n) is 22.8. The first-order chi connectivity index (χ1) is 37.4. The van der Waals surface area contributed by atoms with Crippen LogP contribution < -0.4 is 0 Å². The van der Waals surface area contributed by atoms with E-state index < -0.39 is 21.8 Å². The standard InChI is InChI=1S/C18H15S.C16H24O2.C12H14O4.C10H16O2.C8H14O5S/c1-4-10-16(11-5-1)19(17-12-6-2-7-13-17)18-14-8-3-9-15-18;1-4-16(18-15(17)10(2)3)13-6-11-5-12(8-13)9-14(16)7-11;1-5(2)11(13)15-9-6-3-7-8(4-6)12(14)16-10(7)9;1-8(2)9(11)12-10(3)6-4-5-7-10;1-7(2)8(9)13-5-3-4-6-14(10,11)12/h1-15H;11-14H,2,4-9H2,1,3H3;6-10H,1,3-4H2,2H3;1,4-7H2,2-3H3;1,3-6H2,2H3,(H,10,11,12)/q+1;;;;/p-1. The van der Waals surface area contributed by atoms with Gasteiger partial charge in [-0.15, -0.1) is 0 Å². The van der Waals surface area contributed by atoms with Crippen LogP contribution >= 0.6 is 0 Å². The number of hydrogen-bond donors (Lipinski definition) is 0. The molecule has 5 unspecified atom stereocenters. The lowest BCUT2D eigenvalue weighted by atomic mass is 9.49. The van der Waals surface area contributed by atoms with E-state index >= 15 is 0 Å². The lowest BCUT2D eigenvalue weighted by Crippen LogP contribution is -2.59. The van der Waals surface area contributed by atoms with Crippen molar-refractivity contribution >= 4 is 50.9 Å². The Hall–Kier alpha value is -5.77. The average Bonchev–Trinajstić information content (AvgIpc) is 4.39. The summed E-state index contributed by atoms with van der Waals surface area (Å²) in [5.41, 5.74) is 1.34. The summed E-state index contributed by atoms with van der Waals surface area (Å²) in [6.07, 6.45) is 13.7. The highest BCUT2D eigenvalue weighted by Crippen LogP contribution is 2.61. The first-order valence-electron chi connectivity index (χ1n) is 27.9. The maximum atomic E-state index is 12.0. The predicted molar refractivity (Wildman–Crippen MR) is 304 cm³/mol. The number of rotatable bonds is 16. The summed E-state index contributed by atoms with van der Waals surface area (Å²) in [7, 11) is -4.16. The molecule has 1 aliphatic heterocycles. The third kappa shape index (κ3) is 16.9. The van der Waals surface area contributed by atoms with E-state index in [0.717, 1.165) is 43.9 Å². The molecule has 6 bridgehead atoms. The van der Waals surface area contributed by atoms with Crippen molar-refractivity contribution in [2.45, 2.75) is 170 Å². The summed E-state index contributed by atoms with van der Waals surface area (Å²) in [6, 6.07) is 32.2. The topological polar surface area (TPSA) is 189 Å².